The van der Waals surface area contributed by atoms with E-state index in [1.165, 1.54) is 37.5 Å². The Kier molecular flexibility index (Phi) is 40.6. The monoisotopic (exact) mass is 2280 g/mol. The Morgan fingerprint density at radius 1 is 0.357 bits per heavy atom. The summed E-state index contributed by atoms with van der Waals surface area (Å²) >= 11 is 16.9. The molecule has 36 heteroatoms. The van der Waals surface area contributed by atoms with Crippen molar-refractivity contribution in [3.8, 4) is 0 Å². The van der Waals surface area contributed by atoms with Gasteiger partial charge in [0.25, 0.3) is 5.91 Å². The number of carbonyl (C=O) groups is 10. The third-order valence-corrected chi connectivity index (χ3v) is 27.1. The van der Waals surface area contributed by atoms with E-state index >= 15 is 0 Å². The zero-order valence-electron chi connectivity index (χ0n) is 84.0. The largest absolute Gasteiger partial charge is 0.478 e. The highest BCUT2D eigenvalue weighted by atomic mass is 79.9. The number of amides is 1. The van der Waals surface area contributed by atoms with Crippen molar-refractivity contribution >= 4 is 167 Å². The van der Waals surface area contributed by atoms with Gasteiger partial charge in [0, 0.05) is 73.9 Å². The predicted molar refractivity (Wildman–Crippen MR) is 561 cm³/mol. The summed E-state index contributed by atoms with van der Waals surface area (Å²) < 4.78 is 15.1. The second-order valence-electron chi connectivity index (χ2n) is 37.2. The predicted octanol–water partition coefficient (Wildman–Crippen LogP) is 21.3. The van der Waals surface area contributed by atoms with Gasteiger partial charge in [0.15, 0.2) is 51.0 Å². The van der Waals surface area contributed by atoms with Crippen molar-refractivity contribution in [3.63, 3.8) is 0 Å². The number of carbonyl (C=O) groups excluding carboxylic acids is 6. The molecule has 1 saturated heterocycles. The van der Waals surface area contributed by atoms with Crippen molar-refractivity contribution in [1.29, 1.82) is 0 Å². The number of Topliss-reactive ketones (excluding diaryl/α,β-unsaturated/α-hetero) is 3. The number of oxime groups is 5. The molecule has 9 aromatic rings. The van der Waals surface area contributed by atoms with E-state index in [-0.39, 0.29) is 74.8 Å². The third kappa shape index (κ3) is 30.9. The van der Waals surface area contributed by atoms with E-state index in [0.717, 1.165) is 83.6 Å². The Bertz CT molecular complexity index is 6500. The van der Waals surface area contributed by atoms with Crippen LogP contribution >= 0.6 is 79.6 Å². The molecular weight excluding hydrogens is 2170 g/mol. The first-order valence-corrected chi connectivity index (χ1v) is 48.3. The van der Waals surface area contributed by atoms with Crippen LogP contribution in [0.25, 0.3) is 0 Å². The summed E-state index contributed by atoms with van der Waals surface area (Å²) in [6.45, 7) is 41.6. The fourth-order valence-electron chi connectivity index (χ4n) is 13.5. The third-order valence-electron chi connectivity index (χ3n) is 22.6. The van der Waals surface area contributed by atoms with Crippen LogP contribution in [-0.4, -0.2) is 208 Å². The second-order valence-corrected chi connectivity index (χ2v) is 41.4. The summed E-state index contributed by atoms with van der Waals surface area (Å²) in [5.74, 6) is -4.63. The molecule has 7 N–H and O–H groups in total. The first-order chi connectivity index (χ1) is 66.3. The molecular formula is C107H117Br5N6O25. The number of hydrogen-bond acceptors (Lipinski definition) is 26. The van der Waals surface area contributed by atoms with Crippen LogP contribution in [0, 0.1) is 62.3 Å². The van der Waals surface area contributed by atoms with Crippen LogP contribution in [0.3, 0.4) is 0 Å². The van der Waals surface area contributed by atoms with Crippen LogP contribution in [0.4, 0.5) is 0 Å². The number of aromatic carboxylic acids is 4. The van der Waals surface area contributed by atoms with E-state index in [1.54, 1.807) is 168 Å². The molecule has 0 aromatic heterocycles. The van der Waals surface area contributed by atoms with Crippen molar-refractivity contribution in [3.05, 3.63) is 320 Å². The van der Waals surface area contributed by atoms with Crippen molar-refractivity contribution in [2.45, 2.75) is 217 Å². The number of methoxy groups -OCH3 is 1. The smallest absolute Gasteiger partial charge is 0.338 e. The molecule has 1 fully saturated rings. The maximum atomic E-state index is 12.0. The molecule has 4 unspecified atom stereocenters. The summed E-state index contributed by atoms with van der Waals surface area (Å²) in [7, 11) is 4.39. The lowest BCUT2D eigenvalue weighted by atomic mass is 9.92. The van der Waals surface area contributed by atoms with E-state index < -0.39 is 70.2 Å². The average molecular weight is 2290 g/mol. The number of esters is 1. The van der Waals surface area contributed by atoms with Gasteiger partial charge in [-0.05, 0) is 343 Å². The molecule has 31 nitrogen and oxygen atoms in total. The molecule has 6 heterocycles. The highest BCUT2D eigenvalue weighted by molar-refractivity contribution is 9.11. The van der Waals surface area contributed by atoms with Gasteiger partial charge in [-0.15, -0.1) is 0 Å². The topological polar surface area (TPSA) is 454 Å². The molecule has 760 valence electrons. The first kappa shape index (κ1) is 118. The minimum Gasteiger partial charge on any atom is -0.478 e. The van der Waals surface area contributed by atoms with Gasteiger partial charge in [0.05, 0.1) is 47.6 Å². The number of halogens is 5. The van der Waals surface area contributed by atoms with E-state index in [0.29, 0.717) is 67.2 Å². The minimum absolute atomic E-state index is 0.0700. The number of rotatable bonds is 16. The quantitative estimate of drug-likeness (QED) is 0.0155. The molecule has 143 heavy (non-hydrogen) atoms. The number of nitrogens with zero attached hydrogens (tertiary/aromatic N) is 6. The number of hydroxylamine groups is 2. The molecule has 0 bridgehead atoms. The summed E-state index contributed by atoms with van der Waals surface area (Å²) in [5, 5.41) is 86.2. The molecule has 0 aliphatic carbocycles. The molecule has 4 atom stereocenters. The molecule has 1 amide bonds. The second kappa shape index (κ2) is 49.4. The fraction of sp³-hybridized carbons (Fsp3) is 0.336. The lowest BCUT2D eigenvalue weighted by molar-refractivity contribution is -0.128. The number of carboxylic acid groups (broad SMARTS) is 4. The Morgan fingerprint density at radius 3 is 0.916 bits per heavy atom. The van der Waals surface area contributed by atoms with Gasteiger partial charge in [-0.3, -0.25) is 28.8 Å². The zero-order valence-corrected chi connectivity index (χ0v) is 92.0. The van der Waals surface area contributed by atoms with Gasteiger partial charge in [-0.2, -0.15) is 0 Å². The lowest BCUT2D eigenvalue weighted by Crippen LogP contribution is -2.38. The first-order valence-electron chi connectivity index (χ1n) is 44.3. The normalized spacial score (nSPS) is 17.4. The Morgan fingerprint density at radius 2 is 0.636 bits per heavy atom. The Balaban J connectivity index is 0.000000219. The zero-order chi connectivity index (χ0) is 108. The van der Waals surface area contributed by atoms with Crippen LogP contribution in [-0.2, 0) is 48.1 Å². The maximum Gasteiger partial charge on any atom is 0.338 e. The van der Waals surface area contributed by atoms with Gasteiger partial charge >= 0.3 is 29.8 Å². The summed E-state index contributed by atoms with van der Waals surface area (Å²) in [4.78, 5) is 144. The number of hydrogen-bond donors (Lipinski definition) is 7. The molecule has 0 spiro atoms. The molecule has 6 aliphatic rings. The number of carboxylic acids is 4. The summed E-state index contributed by atoms with van der Waals surface area (Å²) in [5.41, 5.74) is 13.5. The van der Waals surface area contributed by atoms with Gasteiger partial charge in [0.1, 0.15) is 41.6 Å². The van der Waals surface area contributed by atoms with Crippen LogP contribution < -0.4 is 0 Å². The van der Waals surface area contributed by atoms with E-state index in [2.05, 4.69) is 105 Å². The number of aliphatic hydroxyl groups excluding tert-OH is 3. The van der Waals surface area contributed by atoms with Crippen LogP contribution in [0.2, 0.25) is 0 Å². The van der Waals surface area contributed by atoms with E-state index in [4.69, 9.17) is 58.9 Å². The van der Waals surface area contributed by atoms with Gasteiger partial charge in [-0.25, -0.2) is 29.0 Å². The van der Waals surface area contributed by atoms with Crippen molar-refractivity contribution in [2.24, 2.45) is 25.8 Å². The molecule has 15 rings (SSSR count). The number of epoxide rings is 1. The van der Waals surface area contributed by atoms with Crippen LogP contribution in [0.1, 0.15) is 258 Å². The maximum absolute atomic E-state index is 12.0. The minimum atomic E-state index is -0.990. The van der Waals surface area contributed by atoms with E-state index in [9.17, 15) is 63.3 Å². The summed E-state index contributed by atoms with van der Waals surface area (Å²) in [6, 6.07) is 46.8. The Hall–Kier alpha value is -12.2. The lowest BCUT2D eigenvalue weighted by Gasteiger charge is -2.20. The highest BCUT2D eigenvalue weighted by Gasteiger charge is 2.53. The highest BCUT2D eigenvalue weighted by Crippen LogP contribution is 2.39. The van der Waals surface area contributed by atoms with E-state index in [1.807, 2.05) is 150 Å². The van der Waals surface area contributed by atoms with Crippen molar-refractivity contribution in [1.82, 2.24) is 5.06 Å². The molecule has 9 aromatic carbocycles. The van der Waals surface area contributed by atoms with Crippen molar-refractivity contribution in [2.75, 3.05) is 21.3 Å². The SMILES string of the molecule is CC(C)=CC(=O)c1ccc(Br)c(C)c1.COC(=O)c1ccc(C2=NOC(C)(C)C2O)cc1C.CON(C)C(=O)c1ccc(Br)c(C)c1.Cc1cc(C(=O)C2OC2(C)C)ccc1Br.Cc1cc(C(=O)O)ccc1Br.Cc1cc(C2=NOC(C)(C)C2=O)ccc1C(=O)O.Cc1cc(C2=NOC(C)(C)C2=O)ccc1C(=O)O.Cc1cc(C2=NOC(C)(C)C2O)ccc1Br.Cc1cc(C2=NOC(C)(C)C2O)ccc1C(=O)O. The number of aryl methyl sites for hydroxylation is 9. The Labute approximate surface area is 872 Å². The van der Waals surface area contributed by atoms with Gasteiger partial charge in [0.2, 0.25) is 11.6 Å². The van der Waals surface area contributed by atoms with Crippen LogP contribution in [0.15, 0.2) is 224 Å². The van der Waals surface area contributed by atoms with Gasteiger partial charge in [-0.1, -0.05) is 147 Å². The number of aliphatic hydroxyl groups is 3. The number of ketones is 4. The number of benzene rings is 9. The molecule has 0 saturated carbocycles. The standard InChI is InChI=1S/C14H17NO4.C13H15NO4.2C13H13NO4.C12H14BrNO2.C12H13BrO2.C12H13BrO.C10H12BrNO2.C8H7BrO2/c1-8-7-9(5-6-10(8)13(17)18-4)11-12(16)14(2,3)19-15-11;3*1-7-6-8(4-5-9(7)12(16)17)10-11(15)13(2,3)18-14-10;1-7-6-8(4-5-9(7)13)10-11(15)12(2,3)16-14-10;1-7-6-8(4-5-9(7)13)10(14)11-12(2,3)15-11;1-8(2)6-12(14)10-4-5-11(13)9(3)7-10;1-7-6-8(4-5-9(7)11)10(13)12(2)14-3;1-5-4-6(8(10)11)2-3-7(5)9/h5-7,12,16H,1-4H3;4-6,11,15H,1-3H3,(H,16,17);2*4-6H,1-3H3,(H,16,17);4-6,11,15H,1-3H3;4-6,11H,1-3H3;4-7H,1-3H3;4-6H,1-3H3;2-4H,1H3,(H,10,11). The summed E-state index contributed by atoms with van der Waals surface area (Å²) in [6.07, 6.45) is -0.919. The molecule has 6 aliphatic heterocycles. The number of ether oxygens (including phenoxy) is 2. The molecule has 0 radical (unpaired) electrons. The van der Waals surface area contributed by atoms with Crippen molar-refractivity contribution < 1.29 is 122 Å². The van der Waals surface area contributed by atoms with Gasteiger partial charge < -0.3 is 69.4 Å². The average Bonchev–Trinajstić information content (AvgIpc) is 1.60. The number of allylic oxidation sites excluding steroid dienone is 2. The fourth-order valence-corrected chi connectivity index (χ4v) is 14.8. The van der Waals surface area contributed by atoms with Crippen LogP contribution in [0.5, 0.6) is 0 Å².